The number of nitrogens with one attached hydrogen (secondary N) is 2. The van der Waals surface area contributed by atoms with Gasteiger partial charge in [0.05, 0.1) is 11.3 Å². The third-order valence-corrected chi connectivity index (χ3v) is 5.20. The third-order valence-electron chi connectivity index (χ3n) is 4.25. The van der Waals surface area contributed by atoms with E-state index in [9.17, 15) is 18.3 Å². The number of amides is 1. The fourth-order valence-corrected chi connectivity index (χ4v) is 3.21. The first-order chi connectivity index (χ1) is 13.2. The fraction of sp³-hybridized carbons (Fsp3) is 0.200. The van der Waals surface area contributed by atoms with E-state index in [1.54, 1.807) is 42.6 Å². The summed E-state index contributed by atoms with van der Waals surface area (Å²) < 4.78 is 22.4. The largest absolute Gasteiger partial charge is 0.508 e. The van der Waals surface area contributed by atoms with E-state index in [0.717, 1.165) is 28.6 Å². The number of nitrogens with zero attached hydrogens (tertiary/aromatic N) is 1. The van der Waals surface area contributed by atoms with E-state index < -0.39 is 9.84 Å². The van der Waals surface area contributed by atoms with Gasteiger partial charge in [-0.25, -0.2) is 8.42 Å². The Labute approximate surface area is 163 Å². The normalized spacial score (nSPS) is 11.4. The first-order valence-corrected chi connectivity index (χ1v) is 10.7. The SMILES string of the molecule is Cc1ccc(O)cc1Nc1ccnc2ccc(C(=O)NCCS(C)(=O)=O)cc12. The molecule has 0 aliphatic heterocycles. The molecule has 1 heterocycles. The summed E-state index contributed by atoms with van der Waals surface area (Å²) in [6.45, 7) is 1.97. The van der Waals surface area contributed by atoms with Crippen molar-refractivity contribution in [3.63, 3.8) is 0 Å². The summed E-state index contributed by atoms with van der Waals surface area (Å²) >= 11 is 0. The number of carbonyl (C=O) groups is 1. The highest BCUT2D eigenvalue weighted by Crippen LogP contribution is 2.29. The van der Waals surface area contributed by atoms with Gasteiger partial charge in [-0.3, -0.25) is 9.78 Å². The molecule has 0 spiro atoms. The van der Waals surface area contributed by atoms with Crippen LogP contribution in [0.1, 0.15) is 15.9 Å². The van der Waals surface area contributed by atoms with Gasteiger partial charge in [-0.05, 0) is 42.8 Å². The lowest BCUT2D eigenvalue weighted by molar-refractivity contribution is 0.0956. The molecule has 0 aliphatic rings. The molecular weight excluding hydrogens is 378 g/mol. The Balaban J connectivity index is 1.89. The molecule has 28 heavy (non-hydrogen) atoms. The van der Waals surface area contributed by atoms with Crippen LogP contribution in [0.4, 0.5) is 11.4 Å². The Morgan fingerprint density at radius 1 is 1.11 bits per heavy atom. The van der Waals surface area contributed by atoms with Crippen LogP contribution in [0.15, 0.2) is 48.7 Å². The highest BCUT2D eigenvalue weighted by Gasteiger charge is 2.11. The number of phenols is 1. The number of rotatable bonds is 6. The first-order valence-electron chi connectivity index (χ1n) is 8.64. The molecule has 146 valence electrons. The lowest BCUT2D eigenvalue weighted by Crippen LogP contribution is -2.28. The van der Waals surface area contributed by atoms with Crippen LogP contribution in [-0.2, 0) is 9.84 Å². The smallest absolute Gasteiger partial charge is 0.251 e. The van der Waals surface area contributed by atoms with Gasteiger partial charge in [-0.2, -0.15) is 0 Å². The number of pyridine rings is 1. The Hall–Kier alpha value is -3.13. The van der Waals surface area contributed by atoms with E-state index in [2.05, 4.69) is 15.6 Å². The molecule has 0 fully saturated rings. The Kier molecular flexibility index (Phi) is 5.51. The van der Waals surface area contributed by atoms with Crippen molar-refractivity contribution in [3.05, 3.63) is 59.8 Å². The minimum absolute atomic E-state index is 0.0519. The molecule has 7 nitrogen and oxygen atoms in total. The van der Waals surface area contributed by atoms with Gasteiger partial charge in [0.2, 0.25) is 0 Å². The van der Waals surface area contributed by atoms with Crippen LogP contribution in [0.3, 0.4) is 0 Å². The van der Waals surface area contributed by atoms with Crippen LogP contribution in [0.25, 0.3) is 10.9 Å². The van der Waals surface area contributed by atoms with Crippen molar-refractivity contribution in [2.75, 3.05) is 23.9 Å². The zero-order valence-corrected chi connectivity index (χ0v) is 16.4. The number of carbonyl (C=O) groups excluding carboxylic acids is 1. The van der Waals surface area contributed by atoms with Crippen LogP contribution < -0.4 is 10.6 Å². The van der Waals surface area contributed by atoms with Crippen molar-refractivity contribution in [3.8, 4) is 5.75 Å². The lowest BCUT2D eigenvalue weighted by atomic mass is 10.1. The predicted molar refractivity (Wildman–Crippen MR) is 110 cm³/mol. The molecule has 0 saturated carbocycles. The second kappa shape index (κ2) is 7.85. The van der Waals surface area contributed by atoms with Gasteiger partial charge < -0.3 is 15.7 Å². The maximum absolute atomic E-state index is 12.4. The number of fused-ring (bicyclic) bond motifs is 1. The van der Waals surface area contributed by atoms with E-state index in [0.29, 0.717) is 11.1 Å². The fourth-order valence-electron chi connectivity index (χ4n) is 2.74. The van der Waals surface area contributed by atoms with E-state index in [1.165, 1.54) is 0 Å². The van der Waals surface area contributed by atoms with E-state index >= 15 is 0 Å². The van der Waals surface area contributed by atoms with Crippen LogP contribution in [-0.4, -0.2) is 43.0 Å². The van der Waals surface area contributed by atoms with Crippen molar-refractivity contribution in [2.24, 2.45) is 0 Å². The monoisotopic (exact) mass is 399 g/mol. The highest BCUT2D eigenvalue weighted by atomic mass is 32.2. The summed E-state index contributed by atoms with van der Waals surface area (Å²) in [5.74, 6) is -0.316. The number of anilines is 2. The number of benzene rings is 2. The second-order valence-corrected chi connectivity index (χ2v) is 8.86. The molecular formula is C20H21N3O4S. The summed E-state index contributed by atoms with van der Waals surface area (Å²) in [5.41, 5.74) is 3.55. The average Bonchev–Trinajstić information content (AvgIpc) is 2.63. The summed E-state index contributed by atoms with van der Waals surface area (Å²) in [4.78, 5) is 16.7. The zero-order chi connectivity index (χ0) is 20.3. The van der Waals surface area contributed by atoms with E-state index in [4.69, 9.17) is 0 Å². The maximum Gasteiger partial charge on any atom is 0.251 e. The van der Waals surface area contributed by atoms with Gasteiger partial charge >= 0.3 is 0 Å². The lowest BCUT2D eigenvalue weighted by Gasteiger charge is -2.13. The van der Waals surface area contributed by atoms with Crippen LogP contribution in [0.5, 0.6) is 5.75 Å². The topological polar surface area (TPSA) is 108 Å². The van der Waals surface area contributed by atoms with Crippen molar-refractivity contribution in [1.82, 2.24) is 10.3 Å². The second-order valence-electron chi connectivity index (χ2n) is 6.60. The van der Waals surface area contributed by atoms with Gasteiger partial charge in [0.25, 0.3) is 5.91 Å². The van der Waals surface area contributed by atoms with E-state index in [-0.39, 0.29) is 24.0 Å². The Bertz CT molecular complexity index is 1140. The van der Waals surface area contributed by atoms with Gasteiger partial charge in [-0.1, -0.05) is 6.07 Å². The average molecular weight is 399 g/mol. The number of hydrogen-bond donors (Lipinski definition) is 3. The summed E-state index contributed by atoms with van der Waals surface area (Å²) in [7, 11) is -3.14. The van der Waals surface area contributed by atoms with Crippen molar-refractivity contribution in [2.45, 2.75) is 6.92 Å². The molecule has 1 aromatic heterocycles. The van der Waals surface area contributed by atoms with Crippen LogP contribution >= 0.6 is 0 Å². The number of aromatic hydroxyl groups is 1. The van der Waals surface area contributed by atoms with Crippen molar-refractivity contribution in [1.29, 1.82) is 0 Å². The number of aryl methyl sites for hydroxylation is 1. The number of aromatic nitrogens is 1. The van der Waals surface area contributed by atoms with Gasteiger partial charge in [0.15, 0.2) is 0 Å². The minimum Gasteiger partial charge on any atom is -0.508 e. The molecule has 3 aromatic rings. The van der Waals surface area contributed by atoms with Crippen LogP contribution in [0.2, 0.25) is 0 Å². The predicted octanol–water partition coefficient (Wildman–Crippen LogP) is 2.77. The maximum atomic E-state index is 12.4. The quantitative estimate of drug-likeness (QED) is 0.588. The van der Waals surface area contributed by atoms with Crippen molar-refractivity contribution >= 4 is 38.0 Å². The summed E-state index contributed by atoms with van der Waals surface area (Å²) in [6.07, 6.45) is 2.79. The molecule has 0 radical (unpaired) electrons. The molecule has 3 rings (SSSR count). The Morgan fingerprint density at radius 2 is 1.89 bits per heavy atom. The minimum atomic E-state index is -3.14. The van der Waals surface area contributed by atoms with E-state index in [1.807, 2.05) is 13.0 Å². The summed E-state index contributed by atoms with van der Waals surface area (Å²) in [5, 5.41) is 16.4. The van der Waals surface area contributed by atoms with Crippen LogP contribution in [0, 0.1) is 6.92 Å². The highest BCUT2D eigenvalue weighted by molar-refractivity contribution is 7.90. The number of hydrogen-bond acceptors (Lipinski definition) is 6. The zero-order valence-electron chi connectivity index (χ0n) is 15.6. The molecule has 0 bridgehead atoms. The standard InChI is InChI=1S/C20H21N3O4S/c1-13-3-5-15(24)12-19(13)23-18-7-8-21-17-6-4-14(11-16(17)18)20(25)22-9-10-28(2,26)27/h3-8,11-12,24H,9-10H2,1-2H3,(H,21,23)(H,22,25). The molecule has 1 amide bonds. The summed E-state index contributed by atoms with van der Waals surface area (Å²) in [6, 6.07) is 11.9. The molecule has 0 saturated heterocycles. The first kappa shape index (κ1) is 19.6. The Morgan fingerprint density at radius 3 is 2.64 bits per heavy atom. The van der Waals surface area contributed by atoms with Gasteiger partial charge in [-0.15, -0.1) is 0 Å². The molecule has 0 atom stereocenters. The molecule has 8 heteroatoms. The number of sulfone groups is 1. The molecule has 0 unspecified atom stereocenters. The van der Waals surface area contributed by atoms with Crippen molar-refractivity contribution < 1.29 is 18.3 Å². The van der Waals surface area contributed by atoms with Gasteiger partial charge in [0, 0.05) is 47.4 Å². The number of phenolic OH excluding ortho intramolecular Hbond substituents is 1. The molecule has 2 aromatic carbocycles. The molecule has 0 aliphatic carbocycles. The van der Waals surface area contributed by atoms with Gasteiger partial charge in [0.1, 0.15) is 15.6 Å². The third kappa shape index (κ3) is 4.77. The molecule has 3 N–H and O–H groups in total.